The molecule has 3 aliphatic rings. The monoisotopic (exact) mass is 311 g/mol. The van der Waals surface area contributed by atoms with Gasteiger partial charge in [0.15, 0.2) is 0 Å². The van der Waals surface area contributed by atoms with E-state index in [1.165, 1.54) is 29.7 Å². The number of aryl methyl sites for hydroxylation is 1. The number of amides is 1. The van der Waals surface area contributed by atoms with Gasteiger partial charge in [-0.2, -0.15) is 0 Å². The first-order chi connectivity index (χ1) is 11.0. The standard InChI is InChI=1S/C21H29NO/c1-14-4-5-18-6-7-22(19(18)10-14)20(23)21-11-15(2)8-17(13-21)9-16(3)12-21/h4-5,10,15-17H,6-9,11-13H2,1-3H3/t15-,16+,17?,21?. The molecule has 0 aromatic heterocycles. The molecular weight excluding hydrogens is 282 g/mol. The maximum absolute atomic E-state index is 13.6. The van der Waals surface area contributed by atoms with Gasteiger partial charge in [-0.1, -0.05) is 26.0 Å². The van der Waals surface area contributed by atoms with Crippen molar-refractivity contribution in [1.82, 2.24) is 0 Å². The number of carbonyl (C=O) groups is 1. The molecule has 2 nitrogen and oxygen atoms in total. The predicted molar refractivity (Wildman–Crippen MR) is 94.6 cm³/mol. The molecule has 1 aliphatic heterocycles. The second kappa shape index (κ2) is 5.36. The molecule has 4 rings (SSSR count). The van der Waals surface area contributed by atoms with E-state index >= 15 is 0 Å². The lowest BCUT2D eigenvalue weighted by atomic mass is 9.56. The molecule has 0 radical (unpaired) electrons. The fraction of sp³-hybridized carbons (Fsp3) is 0.667. The van der Waals surface area contributed by atoms with Crippen LogP contribution in [0.2, 0.25) is 0 Å². The van der Waals surface area contributed by atoms with Crippen LogP contribution in [0.25, 0.3) is 0 Å². The van der Waals surface area contributed by atoms with Crippen LogP contribution in [-0.4, -0.2) is 12.5 Å². The Labute approximate surface area is 140 Å². The molecule has 2 aliphatic carbocycles. The Morgan fingerprint density at radius 3 is 2.52 bits per heavy atom. The van der Waals surface area contributed by atoms with Gasteiger partial charge < -0.3 is 4.90 Å². The van der Waals surface area contributed by atoms with Gasteiger partial charge in [-0.25, -0.2) is 0 Å². The minimum Gasteiger partial charge on any atom is -0.311 e. The van der Waals surface area contributed by atoms with Crippen molar-refractivity contribution in [2.24, 2.45) is 23.2 Å². The third-order valence-electron chi connectivity index (χ3n) is 6.46. The lowest BCUT2D eigenvalue weighted by molar-refractivity contribution is -0.136. The topological polar surface area (TPSA) is 20.3 Å². The SMILES string of the molecule is Cc1ccc2c(c1)N(C(=O)C13CC(C[C@@H](C)C1)C[C@H](C)C3)CC2. The molecule has 2 unspecified atom stereocenters. The molecule has 1 heterocycles. The number of fused-ring (bicyclic) bond motifs is 3. The zero-order chi connectivity index (χ0) is 16.2. The summed E-state index contributed by atoms with van der Waals surface area (Å²) >= 11 is 0. The molecule has 0 spiro atoms. The van der Waals surface area contributed by atoms with Crippen LogP contribution in [0.3, 0.4) is 0 Å². The number of hydrogen-bond acceptors (Lipinski definition) is 1. The van der Waals surface area contributed by atoms with Gasteiger partial charge in [0.25, 0.3) is 0 Å². The van der Waals surface area contributed by atoms with Crippen LogP contribution in [0.1, 0.15) is 57.1 Å². The molecule has 2 fully saturated rings. The van der Waals surface area contributed by atoms with Crippen molar-refractivity contribution in [3.63, 3.8) is 0 Å². The van der Waals surface area contributed by atoms with Gasteiger partial charge >= 0.3 is 0 Å². The van der Waals surface area contributed by atoms with E-state index in [1.807, 2.05) is 0 Å². The summed E-state index contributed by atoms with van der Waals surface area (Å²) in [5.41, 5.74) is 3.72. The zero-order valence-corrected chi connectivity index (χ0v) is 14.8. The van der Waals surface area contributed by atoms with Gasteiger partial charge in [-0.15, -0.1) is 0 Å². The minimum absolute atomic E-state index is 0.0780. The van der Waals surface area contributed by atoms with Gasteiger partial charge in [0.2, 0.25) is 5.91 Å². The summed E-state index contributed by atoms with van der Waals surface area (Å²) in [7, 11) is 0. The Hall–Kier alpha value is -1.31. The number of nitrogens with zero attached hydrogens (tertiary/aromatic N) is 1. The number of benzene rings is 1. The van der Waals surface area contributed by atoms with Crippen LogP contribution >= 0.6 is 0 Å². The molecule has 0 N–H and O–H groups in total. The Kier molecular flexibility index (Phi) is 3.55. The van der Waals surface area contributed by atoms with Crippen molar-refractivity contribution in [2.45, 2.75) is 59.3 Å². The van der Waals surface area contributed by atoms with Gasteiger partial charge in [0.05, 0.1) is 5.41 Å². The maximum Gasteiger partial charge on any atom is 0.233 e. The van der Waals surface area contributed by atoms with Crippen molar-refractivity contribution in [3.05, 3.63) is 29.3 Å². The number of rotatable bonds is 1. The van der Waals surface area contributed by atoms with Crippen LogP contribution in [0.4, 0.5) is 5.69 Å². The maximum atomic E-state index is 13.6. The second-order valence-electron chi connectivity index (χ2n) is 8.78. The van der Waals surface area contributed by atoms with Crippen LogP contribution < -0.4 is 4.90 Å². The number of carbonyl (C=O) groups excluding carboxylic acids is 1. The normalized spacial score (nSPS) is 36.0. The molecule has 2 saturated carbocycles. The molecule has 2 bridgehead atoms. The summed E-state index contributed by atoms with van der Waals surface area (Å²) in [6.45, 7) is 7.71. The quantitative estimate of drug-likeness (QED) is 0.734. The van der Waals surface area contributed by atoms with E-state index in [-0.39, 0.29) is 5.41 Å². The van der Waals surface area contributed by atoms with Crippen molar-refractivity contribution >= 4 is 11.6 Å². The lowest BCUT2D eigenvalue weighted by Crippen LogP contribution is -2.50. The molecule has 4 atom stereocenters. The highest BCUT2D eigenvalue weighted by atomic mass is 16.2. The molecule has 0 saturated heterocycles. The van der Waals surface area contributed by atoms with Crippen LogP contribution in [-0.2, 0) is 11.2 Å². The van der Waals surface area contributed by atoms with E-state index in [0.717, 1.165) is 38.1 Å². The Morgan fingerprint density at radius 1 is 1.13 bits per heavy atom. The summed E-state index contributed by atoms with van der Waals surface area (Å²) in [6.07, 6.45) is 7.02. The fourth-order valence-corrected chi connectivity index (χ4v) is 5.95. The first kappa shape index (κ1) is 15.2. The minimum atomic E-state index is -0.0780. The summed E-state index contributed by atoms with van der Waals surface area (Å²) in [6, 6.07) is 6.60. The highest BCUT2D eigenvalue weighted by molar-refractivity contribution is 5.99. The molecule has 1 amide bonds. The molecule has 2 heteroatoms. The van der Waals surface area contributed by atoms with E-state index in [2.05, 4.69) is 43.9 Å². The first-order valence-corrected chi connectivity index (χ1v) is 9.38. The zero-order valence-electron chi connectivity index (χ0n) is 14.8. The number of anilines is 1. The molecule has 23 heavy (non-hydrogen) atoms. The third kappa shape index (κ3) is 2.51. The smallest absolute Gasteiger partial charge is 0.233 e. The van der Waals surface area contributed by atoms with E-state index in [0.29, 0.717) is 17.7 Å². The Balaban J connectivity index is 1.68. The van der Waals surface area contributed by atoms with Gasteiger partial charge in [-0.3, -0.25) is 4.79 Å². The van der Waals surface area contributed by atoms with Crippen LogP contribution in [0.5, 0.6) is 0 Å². The van der Waals surface area contributed by atoms with E-state index in [1.54, 1.807) is 0 Å². The van der Waals surface area contributed by atoms with Crippen molar-refractivity contribution in [3.8, 4) is 0 Å². The predicted octanol–water partition coefficient (Wildman–Crippen LogP) is 4.74. The van der Waals surface area contributed by atoms with E-state index in [4.69, 9.17) is 0 Å². The first-order valence-electron chi connectivity index (χ1n) is 9.38. The van der Waals surface area contributed by atoms with E-state index < -0.39 is 0 Å². The largest absolute Gasteiger partial charge is 0.311 e. The molecule has 124 valence electrons. The average Bonchev–Trinajstić information content (AvgIpc) is 2.87. The van der Waals surface area contributed by atoms with Crippen LogP contribution in [0, 0.1) is 30.1 Å². The molecule has 1 aromatic rings. The summed E-state index contributed by atoms with van der Waals surface area (Å²) in [5.74, 6) is 2.60. The Morgan fingerprint density at radius 2 is 1.83 bits per heavy atom. The van der Waals surface area contributed by atoms with Gasteiger partial charge in [-0.05, 0) is 80.4 Å². The summed E-state index contributed by atoms with van der Waals surface area (Å²) < 4.78 is 0. The van der Waals surface area contributed by atoms with Gasteiger partial charge in [0.1, 0.15) is 0 Å². The Bertz CT molecular complexity index is 615. The molecular formula is C21H29NO. The second-order valence-corrected chi connectivity index (χ2v) is 8.78. The highest BCUT2D eigenvalue weighted by Crippen LogP contribution is 2.54. The van der Waals surface area contributed by atoms with Crippen LogP contribution in [0.15, 0.2) is 18.2 Å². The van der Waals surface area contributed by atoms with Crippen molar-refractivity contribution in [2.75, 3.05) is 11.4 Å². The number of hydrogen-bond donors (Lipinski definition) is 0. The highest BCUT2D eigenvalue weighted by Gasteiger charge is 2.51. The summed E-state index contributed by atoms with van der Waals surface area (Å²) in [4.78, 5) is 15.8. The fourth-order valence-electron chi connectivity index (χ4n) is 5.95. The van der Waals surface area contributed by atoms with Crippen molar-refractivity contribution in [1.29, 1.82) is 0 Å². The van der Waals surface area contributed by atoms with Gasteiger partial charge in [0, 0.05) is 12.2 Å². The van der Waals surface area contributed by atoms with E-state index in [9.17, 15) is 4.79 Å². The molecule has 1 aromatic carbocycles. The third-order valence-corrected chi connectivity index (χ3v) is 6.46. The van der Waals surface area contributed by atoms with Crippen molar-refractivity contribution < 1.29 is 4.79 Å². The average molecular weight is 311 g/mol. The lowest BCUT2D eigenvalue weighted by Gasteiger charge is -2.50. The summed E-state index contributed by atoms with van der Waals surface area (Å²) in [5, 5.41) is 0.